The van der Waals surface area contributed by atoms with Crippen LogP contribution < -0.4 is 16.0 Å². The maximum atomic E-state index is 13.7. The van der Waals surface area contributed by atoms with Gasteiger partial charge in [-0.1, -0.05) is 30.3 Å². The molecular weight excluding hydrogens is 480 g/mol. The summed E-state index contributed by atoms with van der Waals surface area (Å²) in [5.74, 6) is 0.960. The summed E-state index contributed by atoms with van der Waals surface area (Å²) < 4.78 is 8.11. The van der Waals surface area contributed by atoms with Gasteiger partial charge in [0.1, 0.15) is 0 Å². The van der Waals surface area contributed by atoms with Crippen molar-refractivity contribution < 1.29 is 9.84 Å². The third-order valence-corrected chi connectivity index (χ3v) is 7.71. The summed E-state index contributed by atoms with van der Waals surface area (Å²) in [5, 5.41) is 11.5. The molecule has 1 unspecified atom stereocenters. The summed E-state index contributed by atoms with van der Waals surface area (Å²) >= 11 is 0. The summed E-state index contributed by atoms with van der Waals surface area (Å²) in [5.41, 5.74) is 4.26. The molecule has 1 aliphatic carbocycles. The lowest BCUT2D eigenvalue weighted by Crippen LogP contribution is -2.45. The van der Waals surface area contributed by atoms with E-state index in [9.17, 15) is 14.7 Å². The number of pyridine rings is 1. The van der Waals surface area contributed by atoms with Crippen LogP contribution in [0.1, 0.15) is 24.0 Å². The van der Waals surface area contributed by atoms with Gasteiger partial charge in [0, 0.05) is 44.0 Å². The smallest absolute Gasteiger partial charge is 0.331 e. The lowest BCUT2D eigenvalue weighted by Gasteiger charge is -2.30. The molecule has 4 aromatic rings. The molecule has 6 rings (SSSR count). The Kier molecular flexibility index (Phi) is 6.59. The van der Waals surface area contributed by atoms with E-state index in [0.717, 1.165) is 43.5 Å². The van der Waals surface area contributed by atoms with E-state index in [1.54, 1.807) is 30.0 Å². The van der Waals surface area contributed by atoms with Gasteiger partial charge in [-0.05, 0) is 60.1 Å². The first-order valence-electron chi connectivity index (χ1n) is 13.2. The molecule has 1 saturated carbocycles. The van der Waals surface area contributed by atoms with E-state index in [-0.39, 0.29) is 17.8 Å². The minimum atomic E-state index is -0.831. The highest BCUT2D eigenvalue weighted by Crippen LogP contribution is 2.31. The molecule has 8 nitrogen and oxygen atoms in total. The van der Waals surface area contributed by atoms with Gasteiger partial charge in [0.15, 0.2) is 0 Å². The monoisotopic (exact) mass is 512 g/mol. The summed E-state index contributed by atoms with van der Waals surface area (Å²) in [7, 11) is 1.57. The van der Waals surface area contributed by atoms with Gasteiger partial charge < -0.3 is 9.84 Å². The highest BCUT2D eigenvalue weighted by molar-refractivity contribution is 5.84. The van der Waals surface area contributed by atoms with Crippen LogP contribution in [0, 0.1) is 5.92 Å². The van der Waals surface area contributed by atoms with E-state index in [1.165, 1.54) is 15.7 Å². The van der Waals surface area contributed by atoms with Crippen molar-refractivity contribution in [2.75, 3.05) is 20.2 Å². The minimum Gasteiger partial charge on any atom is -0.481 e. The van der Waals surface area contributed by atoms with Crippen LogP contribution in [0.3, 0.4) is 0 Å². The first-order valence-corrected chi connectivity index (χ1v) is 13.2. The quantitative estimate of drug-likeness (QED) is 0.390. The van der Waals surface area contributed by atoms with Gasteiger partial charge in [-0.3, -0.25) is 18.8 Å². The molecule has 0 spiro atoms. The van der Waals surface area contributed by atoms with Gasteiger partial charge in [-0.2, -0.15) is 0 Å². The maximum Gasteiger partial charge on any atom is 0.331 e. The van der Waals surface area contributed by atoms with Crippen LogP contribution in [0.4, 0.5) is 0 Å². The zero-order chi connectivity index (χ0) is 26.2. The highest BCUT2D eigenvalue weighted by atomic mass is 16.5. The number of ether oxygens (including phenoxy) is 1. The lowest BCUT2D eigenvalue weighted by atomic mass is 10.00. The number of β-amino-alcohol motifs (C(OH)–C–C–N with tert-alkyl or cyclic N) is 1. The molecule has 2 aromatic carbocycles. The maximum absolute atomic E-state index is 13.7. The molecule has 1 N–H and O–H groups in total. The van der Waals surface area contributed by atoms with E-state index in [2.05, 4.69) is 28.1 Å². The van der Waals surface area contributed by atoms with Crippen molar-refractivity contribution in [3.8, 4) is 17.0 Å². The van der Waals surface area contributed by atoms with Crippen molar-refractivity contribution in [2.24, 2.45) is 5.92 Å². The zero-order valence-electron chi connectivity index (χ0n) is 21.5. The summed E-state index contributed by atoms with van der Waals surface area (Å²) in [6.07, 6.45) is 3.98. The van der Waals surface area contributed by atoms with Crippen molar-refractivity contribution in [1.82, 2.24) is 19.0 Å². The van der Waals surface area contributed by atoms with Crippen molar-refractivity contribution in [3.63, 3.8) is 0 Å². The number of fused-ring (bicyclic) bond motifs is 2. The summed E-state index contributed by atoms with van der Waals surface area (Å²) in [6, 6.07) is 17.6. The van der Waals surface area contributed by atoms with E-state index >= 15 is 0 Å². The molecule has 2 aromatic heterocycles. The van der Waals surface area contributed by atoms with E-state index in [1.807, 2.05) is 24.3 Å². The van der Waals surface area contributed by atoms with Gasteiger partial charge >= 0.3 is 5.69 Å². The fourth-order valence-corrected chi connectivity index (χ4v) is 5.44. The number of hydrogen-bond acceptors (Lipinski definition) is 6. The first kappa shape index (κ1) is 24.6. The molecule has 0 radical (unpaired) electrons. The van der Waals surface area contributed by atoms with Crippen LogP contribution in [0.25, 0.3) is 22.0 Å². The Hall–Kier alpha value is -3.75. The number of rotatable bonds is 8. The second-order valence-corrected chi connectivity index (χ2v) is 10.5. The average Bonchev–Trinajstić information content (AvgIpc) is 3.77. The third kappa shape index (κ3) is 4.89. The Bertz CT molecular complexity index is 1590. The molecule has 3 heterocycles. The molecule has 0 bridgehead atoms. The van der Waals surface area contributed by atoms with Crippen LogP contribution in [0.2, 0.25) is 0 Å². The lowest BCUT2D eigenvalue weighted by molar-refractivity contribution is 0.0896. The van der Waals surface area contributed by atoms with Crippen LogP contribution >= 0.6 is 0 Å². The fourth-order valence-electron chi connectivity index (χ4n) is 5.44. The van der Waals surface area contributed by atoms with E-state index < -0.39 is 6.10 Å². The van der Waals surface area contributed by atoms with Crippen molar-refractivity contribution in [3.05, 3.63) is 92.8 Å². The summed E-state index contributed by atoms with van der Waals surface area (Å²) in [6.45, 7) is 2.55. The minimum absolute atomic E-state index is 0.0272. The second kappa shape index (κ2) is 10.2. The Morgan fingerprint density at radius 3 is 2.53 bits per heavy atom. The second-order valence-electron chi connectivity index (χ2n) is 10.5. The number of nitrogens with zero attached hydrogens (tertiary/aromatic N) is 4. The molecule has 0 amide bonds. The summed E-state index contributed by atoms with van der Waals surface area (Å²) in [4.78, 5) is 33.7. The van der Waals surface area contributed by atoms with Gasteiger partial charge in [0.25, 0.3) is 5.56 Å². The van der Waals surface area contributed by atoms with Gasteiger partial charge in [0.2, 0.25) is 5.88 Å². The van der Waals surface area contributed by atoms with Crippen molar-refractivity contribution in [2.45, 2.75) is 45.0 Å². The van der Waals surface area contributed by atoms with Gasteiger partial charge in [-0.15, -0.1) is 0 Å². The Morgan fingerprint density at radius 2 is 1.79 bits per heavy atom. The topological polar surface area (TPSA) is 89.6 Å². The molecule has 38 heavy (non-hydrogen) atoms. The van der Waals surface area contributed by atoms with Crippen LogP contribution in [0.15, 0.2) is 70.4 Å². The number of aliphatic hydroxyl groups excluding tert-OH is 1. The Balaban J connectivity index is 1.31. The number of aliphatic hydroxyl groups is 1. The number of methoxy groups -OCH3 is 1. The molecule has 2 aliphatic rings. The van der Waals surface area contributed by atoms with Gasteiger partial charge in [-0.25, -0.2) is 9.78 Å². The SMILES string of the molecule is COc1ccc(-c2ccc3c(=O)n(CC(O)CN4CCc5ccccc5C4)c(=O)n(CC4CC4)c3c2)cn1. The van der Waals surface area contributed by atoms with Crippen molar-refractivity contribution in [1.29, 1.82) is 0 Å². The standard InChI is InChI=1S/C30H32N4O4/c1-38-28-11-9-23(15-31-28)22-8-10-26-27(14-22)33(16-20-6-7-20)30(37)34(29(26)36)19-25(35)18-32-13-12-21-4-2-3-5-24(21)17-32/h2-5,8-11,14-15,20,25,35H,6-7,12-13,16-19H2,1H3. The van der Waals surface area contributed by atoms with Crippen LogP contribution in [-0.2, 0) is 26.1 Å². The predicted molar refractivity (Wildman–Crippen MR) is 146 cm³/mol. The normalized spacial score (nSPS) is 16.4. The third-order valence-electron chi connectivity index (χ3n) is 7.71. The van der Waals surface area contributed by atoms with E-state index in [4.69, 9.17) is 4.74 Å². The largest absolute Gasteiger partial charge is 0.481 e. The zero-order valence-corrected chi connectivity index (χ0v) is 21.5. The molecule has 196 valence electrons. The highest BCUT2D eigenvalue weighted by Gasteiger charge is 2.26. The fraction of sp³-hybridized carbons (Fsp3) is 0.367. The number of hydrogen-bond donors (Lipinski definition) is 1. The number of aromatic nitrogens is 3. The van der Waals surface area contributed by atoms with E-state index in [0.29, 0.717) is 35.8 Å². The Labute approximate surface area is 220 Å². The van der Waals surface area contributed by atoms with Crippen LogP contribution in [-0.4, -0.2) is 50.4 Å². The molecule has 0 saturated heterocycles. The molecule has 1 fully saturated rings. The first-order chi connectivity index (χ1) is 18.5. The number of benzene rings is 2. The molecule has 8 heteroatoms. The molecule has 1 atom stereocenters. The molecular formula is C30H32N4O4. The van der Waals surface area contributed by atoms with Gasteiger partial charge in [0.05, 0.1) is 30.7 Å². The predicted octanol–water partition coefficient (Wildman–Crippen LogP) is 3.06. The Morgan fingerprint density at radius 1 is 1.00 bits per heavy atom. The average molecular weight is 513 g/mol. The molecule has 1 aliphatic heterocycles. The van der Waals surface area contributed by atoms with Crippen molar-refractivity contribution >= 4 is 10.9 Å². The van der Waals surface area contributed by atoms with Crippen LogP contribution in [0.5, 0.6) is 5.88 Å².